The molecule has 2 aliphatic rings. The van der Waals surface area contributed by atoms with E-state index in [1.807, 2.05) is 37.8 Å². The highest BCUT2D eigenvalue weighted by molar-refractivity contribution is 5.79. The molecule has 0 radical (unpaired) electrons. The Labute approximate surface area is 175 Å². The smallest absolute Gasteiger partial charge is 0.225 e. The topological polar surface area (TPSA) is 64.0 Å². The fraction of sp³-hybridized carbons (Fsp3) is 0.708. The molecule has 2 N–H and O–H groups in total. The van der Waals surface area contributed by atoms with Gasteiger partial charge in [-0.25, -0.2) is 0 Å². The van der Waals surface area contributed by atoms with Gasteiger partial charge in [0, 0.05) is 38.1 Å². The van der Waals surface area contributed by atoms with Crippen LogP contribution in [0.1, 0.15) is 62.6 Å². The molecule has 1 atom stereocenters. The molecule has 1 aromatic carbocycles. The lowest BCUT2D eigenvalue weighted by Gasteiger charge is -2.44. The maximum Gasteiger partial charge on any atom is 0.225 e. The van der Waals surface area contributed by atoms with E-state index < -0.39 is 5.60 Å². The zero-order chi connectivity index (χ0) is 21.2. The van der Waals surface area contributed by atoms with Crippen LogP contribution in [-0.4, -0.2) is 63.7 Å². The van der Waals surface area contributed by atoms with Crippen molar-refractivity contribution >= 4 is 5.91 Å². The van der Waals surface area contributed by atoms with Crippen molar-refractivity contribution in [3.8, 4) is 5.75 Å². The Morgan fingerprint density at radius 3 is 2.21 bits per heavy atom. The first kappa shape index (κ1) is 22.1. The predicted molar refractivity (Wildman–Crippen MR) is 116 cm³/mol. The van der Waals surface area contributed by atoms with Crippen LogP contribution in [0.5, 0.6) is 5.75 Å². The van der Waals surface area contributed by atoms with Crippen molar-refractivity contribution in [1.82, 2.24) is 9.80 Å². The van der Waals surface area contributed by atoms with Gasteiger partial charge in [0.15, 0.2) is 0 Å². The quantitative estimate of drug-likeness (QED) is 0.792. The lowest BCUT2D eigenvalue weighted by Crippen LogP contribution is -2.52. The number of rotatable bonds is 5. The summed E-state index contributed by atoms with van der Waals surface area (Å²) in [5.74, 6) is 0.542. The van der Waals surface area contributed by atoms with Crippen LogP contribution in [0.2, 0.25) is 0 Å². The molecule has 0 spiro atoms. The van der Waals surface area contributed by atoms with E-state index >= 15 is 0 Å². The van der Waals surface area contributed by atoms with Crippen LogP contribution >= 0.6 is 0 Å². The number of carbonyl (C=O) groups is 1. The number of likely N-dealkylation sites (tertiary alicyclic amines) is 2. The van der Waals surface area contributed by atoms with Gasteiger partial charge in [0.25, 0.3) is 0 Å². The van der Waals surface area contributed by atoms with E-state index in [-0.39, 0.29) is 11.8 Å². The monoisotopic (exact) mass is 402 g/mol. The van der Waals surface area contributed by atoms with Crippen molar-refractivity contribution in [1.29, 1.82) is 0 Å². The summed E-state index contributed by atoms with van der Waals surface area (Å²) in [6, 6.07) is 4.52. The van der Waals surface area contributed by atoms with Crippen LogP contribution in [0.15, 0.2) is 12.1 Å². The summed E-state index contributed by atoms with van der Waals surface area (Å²) >= 11 is 0. The van der Waals surface area contributed by atoms with Crippen molar-refractivity contribution in [2.24, 2.45) is 5.92 Å². The number of benzene rings is 1. The van der Waals surface area contributed by atoms with Gasteiger partial charge in [-0.3, -0.25) is 4.79 Å². The second-order valence-corrected chi connectivity index (χ2v) is 9.35. The molecule has 0 aromatic heterocycles. The molecule has 0 unspecified atom stereocenters. The van der Waals surface area contributed by atoms with E-state index in [4.69, 9.17) is 0 Å². The third kappa shape index (κ3) is 5.13. The molecule has 2 heterocycles. The van der Waals surface area contributed by atoms with E-state index in [1.54, 1.807) is 0 Å². The standard InChI is InChI=1S/C24H38N2O3/c1-5-24(29)8-12-25(13-9-24)21-6-10-26(11-7-21)23(28)19(4)16-20-14-17(2)22(27)18(3)15-20/h14-15,19,21,27,29H,5-13,16H2,1-4H3/t19-/m1/s1. The Hall–Kier alpha value is -1.59. The minimum absolute atomic E-state index is 0.0514. The van der Waals surface area contributed by atoms with Gasteiger partial charge in [0.05, 0.1) is 5.60 Å². The number of hydrogen-bond donors (Lipinski definition) is 2. The number of aliphatic hydroxyl groups is 1. The van der Waals surface area contributed by atoms with E-state index in [1.165, 1.54) is 0 Å². The summed E-state index contributed by atoms with van der Waals surface area (Å²) in [5.41, 5.74) is 2.40. The number of aromatic hydroxyl groups is 1. The van der Waals surface area contributed by atoms with E-state index in [0.29, 0.717) is 18.2 Å². The molecule has 2 aliphatic heterocycles. The first-order valence-electron chi connectivity index (χ1n) is 11.3. The highest BCUT2D eigenvalue weighted by atomic mass is 16.3. The Balaban J connectivity index is 1.50. The summed E-state index contributed by atoms with van der Waals surface area (Å²) in [5, 5.41) is 20.4. The zero-order valence-electron chi connectivity index (χ0n) is 18.6. The normalized spacial score (nSPS) is 21.9. The van der Waals surface area contributed by atoms with E-state index in [9.17, 15) is 15.0 Å². The van der Waals surface area contributed by atoms with Crippen molar-refractivity contribution in [2.75, 3.05) is 26.2 Å². The van der Waals surface area contributed by atoms with Gasteiger partial charge in [0.2, 0.25) is 5.91 Å². The molecule has 0 bridgehead atoms. The lowest BCUT2D eigenvalue weighted by molar-refractivity contribution is -0.136. The van der Waals surface area contributed by atoms with Crippen LogP contribution in [0.25, 0.3) is 0 Å². The van der Waals surface area contributed by atoms with Crippen molar-refractivity contribution in [3.05, 3.63) is 28.8 Å². The maximum absolute atomic E-state index is 13.0. The SMILES string of the molecule is CCC1(O)CCN(C2CCN(C(=O)[C@H](C)Cc3cc(C)c(O)c(C)c3)CC2)CC1. The molecular formula is C24H38N2O3. The summed E-state index contributed by atoms with van der Waals surface area (Å²) in [6.45, 7) is 11.5. The van der Waals surface area contributed by atoms with Gasteiger partial charge in [-0.2, -0.15) is 0 Å². The van der Waals surface area contributed by atoms with E-state index in [0.717, 1.165) is 75.0 Å². The van der Waals surface area contributed by atoms with Crippen LogP contribution < -0.4 is 0 Å². The lowest BCUT2D eigenvalue weighted by atomic mass is 9.87. The molecule has 2 saturated heterocycles. The minimum Gasteiger partial charge on any atom is -0.507 e. The Morgan fingerprint density at radius 1 is 1.14 bits per heavy atom. The van der Waals surface area contributed by atoms with Crippen LogP contribution in [0, 0.1) is 19.8 Å². The fourth-order valence-electron chi connectivity index (χ4n) is 5.03. The number of nitrogens with zero attached hydrogens (tertiary/aromatic N) is 2. The first-order valence-corrected chi connectivity index (χ1v) is 11.3. The van der Waals surface area contributed by atoms with Crippen molar-refractivity contribution in [2.45, 2.75) is 77.9 Å². The largest absolute Gasteiger partial charge is 0.507 e. The van der Waals surface area contributed by atoms with Gasteiger partial charge in [-0.15, -0.1) is 0 Å². The highest BCUT2D eigenvalue weighted by Crippen LogP contribution is 2.29. The first-order chi connectivity index (χ1) is 13.7. The van der Waals surface area contributed by atoms with Crippen LogP contribution in [-0.2, 0) is 11.2 Å². The van der Waals surface area contributed by atoms with Crippen molar-refractivity contribution in [3.63, 3.8) is 0 Å². The summed E-state index contributed by atoms with van der Waals surface area (Å²) in [7, 11) is 0. The summed E-state index contributed by atoms with van der Waals surface area (Å²) in [6.07, 6.45) is 5.34. The average molecular weight is 403 g/mol. The number of piperidine rings is 2. The van der Waals surface area contributed by atoms with Gasteiger partial charge in [-0.05, 0) is 69.1 Å². The Bertz CT molecular complexity index is 694. The molecular weight excluding hydrogens is 364 g/mol. The number of aryl methyl sites for hydroxylation is 2. The summed E-state index contributed by atoms with van der Waals surface area (Å²) < 4.78 is 0. The summed E-state index contributed by atoms with van der Waals surface area (Å²) in [4.78, 5) is 17.5. The molecule has 2 fully saturated rings. The second kappa shape index (κ2) is 9.05. The van der Waals surface area contributed by atoms with E-state index in [2.05, 4.69) is 11.8 Å². The third-order valence-electron chi connectivity index (χ3n) is 7.19. The number of phenols is 1. The molecule has 5 nitrogen and oxygen atoms in total. The fourth-order valence-corrected chi connectivity index (χ4v) is 5.03. The number of phenolic OH excluding ortho intramolecular Hbond substituents is 1. The predicted octanol–water partition coefficient (Wildman–Crippen LogP) is 3.42. The van der Waals surface area contributed by atoms with Crippen LogP contribution in [0.4, 0.5) is 0 Å². The van der Waals surface area contributed by atoms with Crippen molar-refractivity contribution < 1.29 is 15.0 Å². The highest BCUT2D eigenvalue weighted by Gasteiger charge is 2.35. The molecule has 0 aliphatic carbocycles. The van der Waals surface area contributed by atoms with Gasteiger partial charge in [-0.1, -0.05) is 26.0 Å². The van der Waals surface area contributed by atoms with Gasteiger partial charge >= 0.3 is 0 Å². The molecule has 0 saturated carbocycles. The third-order valence-corrected chi connectivity index (χ3v) is 7.19. The number of hydrogen-bond acceptors (Lipinski definition) is 4. The van der Waals surface area contributed by atoms with Crippen LogP contribution in [0.3, 0.4) is 0 Å². The van der Waals surface area contributed by atoms with Gasteiger partial charge < -0.3 is 20.0 Å². The molecule has 1 amide bonds. The average Bonchev–Trinajstić information content (AvgIpc) is 2.72. The molecule has 162 valence electrons. The maximum atomic E-state index is 13.0. The Morgan fingerprint density at radius 2 is 1.69 bits per heavy atom. The number of amides is 1. The molecule has 29 heavy (non-hydrogen) atoms. The zero-order valence-corrected chi connectivity index (χ0v) is 18.6. The molecule has 3 rings (SSSR count). The number of carbonyl (C=O) groups excluding carboxylic acids is 1. The molecule has 1 aromatic rings. The van der Waals surface area contributed by atoms with Gasteiger partial charge in [0.1, 0.15) is 5.75 Å². The molecule has 5 heteroatoms. The minimum atomic E-state index is -0.465. The Kier molecular flexibility index (Phi) is 6.90. The second-order valence-electron chi connectivity index (χ2n) is 9.35.